The van der Waals surface area contributed by atoms with Crippen LogP contribution >= 0.6 is 0 Å². The number of benzene rings is 1. The molecule has 2 unspecified atom stereocenters. The van der Waals surface area contributed by atoms with Crippen molar-refractivity contribution in [2.24, 2.45) is 0 Å². The molecule has 1 aromatic heterocycles. The van der Waals surface area contributed by atoms with Gasteiger partial charge in [0, 0.05) is 25.6 Å². The van der Waals surface area contributed by atoms with E-state index in [1.54, 1.807) is 17.0 Å². The van der Waals surface area contributed by atoms with Crippen LogP contribution in [-0.4, -0.2) is 46.7 Å². The van der Waals surface area contributed by atoms with Crippen molar-refractivity contribution in [1.29, 1.82) is 5.26 Å². The van der Waals surface area contributed by atoms with Gasteiger partial charge in [-0.3, -0.25) is 4.79 Å². The summed E-state index contributed by atoms with van der Waals surface area (Å²) in [6, 6.07) is 9.98. The first kappa shape index (κ1) is 19.3. The smallest absolute Gasteiger partial charge is 0.225 e. The van der Waals surface area contributed by atoms with Crippen molar-refractivity contribution in [3.05, 3.63) is 53.7 Å². The van der Waals surface area contributed by atoms with Crippen LogP contribution in [-0.2, 0) is 9.53 Å². The van der Waals surface area contributed by atoms with Crippen molar-refractivity contribution < 1.29 is 13.9 Å². The molecule has 2 fully saturated rings. The lowest BCUT2D eigenvalue weighted by atomic mass is 10.0. The summed E-state index contributed by atoms with van der Waals surface area (Å²) in [5.41, 5.74) is 1.12. The number of nitriles is 1. The number of hydrogen-bond acceptors (Lipinski definition) is 6. The minimum atomic E-state index is -0.309. The largest absolute Gasteiger partial charge is 0.356 e. The van der Waals surface area contributed by atoms with Gasteiger partial charge in [0.15, 0.2) is 0 Å². The third-order valence-electron chi connectivity index (χ3n) is 5.44. The molecule has 0 saturated carbocycles. The van der Waals surface area contributed by atoms with Gasteiger partial charge in [-0.1, -0.05) is 12.1 Å². The third kappa shape index (κ3) is 4.20. The lowest BCUT2D eigenvalue weighted by Crippen LogP contribution is -2.42. The fraction of sp³-hybridized carbons (Fsp3) is 0.429. The fourth-order valence-corrected chi connectivity index (χ4v) is 4.09. The molecule has 150 valence electrons. The van der Waals surface area contributed by atoms with Gasteiger partial charge in [0.2, 0.25) is 5.91 Å². The second-order valence-corrected chi connectivity index (χ2v) is 7.24. The molecule has 7 nitrogen and oxygen atoms in total. The van der Waals surface area contributed by atoms with Crippen LogP contribution in [0.4, 0.5) is 10.2 Å². The van der Waals surface area contributed by atoms with E-state index in [2.05, 4.69) is 9.97 Å². The van der Waals surface area contributed by atoms with Gasteiger partial charge in [-0.25, -0.2) is 14.4 Å². The summed E-state index contributed by atoms with van der Waals surface area (Å²) in [6.07, 6.45) is 3.57. The number of rotatable bonds is 2. The van der Waals surface area contributed by atoms with E-state index in [4.69, 9.17) is 10.00 Å². The molecule has 2 saturated heterocycles. The van der Waals surface area contributed by atoms with E-state index in [0.717, 1.165) is 18.4 Å². The monoisotopic (exact) mass is 395 g/mol. The number of hydrogen-bond donors (Lipinski definition) is 0. The van der Waals surface area contributed by atoms with E-state index in [9.17, 15) is 9.18 Å². The summed E-state index contributed by atoms with van der Waals surface area (Å²) in [4.78, 5) is 25.0. The van der Waals surface area contributed by atoms with Gasteiger partial charge in [0.05, 0.1) is 12.6 Å². The molecule has 29 heavy (non-hydrogen) atoms. The van der Waals surface area contributed by atoms with E-state index in [0.29, 0.717) is 44.0 Å². The van der Waals surface area contributed by atoms with Gasteiger partial charge in [-0.2, -0.15) is 5.26 Å². The molecule has 0 bridgehead atoms. The molecular weight excluding hydrogens is 373 g/mol. The Labute approximate surface area is 168 Å². The zero-order valence-electron chi connectivity index (χ0n) is 16.0. The van der Waals surface area contributed by atoms with E-state index < -0.39 is 0 Å². The highest BCUT2D eigenvalue weighted by molar-refractivity contribution is 5.77. The number of nitrogens with zero attached hydrogens (tertiary/aromatic N) is 5. The minimum absolute atomic E-state index is 0.0176. The Morgan fingerprint density at radius 3 is 2.93 bits per heavy atom. The van der Waals surface area contributed by atoms with Crippen molar-refractivity contribution >= 4 is 11.7 Å². The number of halogens is 1. The minimum Gasteiger partial charge on any atom is -0.356 e. The summed E-state index contributed by atoms with van der Waals surface area (Å²) >= 11 is 0. The van der Waals surface area contributed by atoms with Crippen LogP contribution in [0.3, 0.4) is 0 Å². The Balaban J connectivity index is 1.50. The highest BCUT2D eigenvalue weighted by Crippen LogP contribution is 2.37. The number of carbonyl (C=O) groups excluding carboxylic acids is 1. The molecule has 2 atom stereocenters. The first-order valence-electron chi connectivity index (χ1n) is 9.81. The van der Waals surface area contributed by atoms with E-state index >= 15 is 0 Å². The van der Waals surface area contributed by atoms with Crippen molar-refractivity contribution in [1.82, 2.24) is 14.9 Å². The Hall–Kier alpha value is -3.05. The maximum absolute atomic E-state index is 13.7. The number of amides is 1. The number of anilines is 1. The normalized spacial score (nSPS) is 22.8. The van der Waals surface area contributed by atoms with E-state index in [1.165, 1.54) is 18.5 Å². The molecule has 3 heterocycles. The van der Waals surface area contributed by atoms with Crippen molar-refractivity contribution in [2.45, 2.75) is 38.0 Å². The molecule has 2 aliphatic rings. The molecule has 0 radical (unpaired) electrons. The number of aromatic nitrogens is 2. The van der Waals surface area contributed by atoms with Crippen LogP contribution < -0.4 is 4.90 Å². The van der Waals surface area contributed by atoms with Crippen LogP contribution in [0.1, 0.15) is 43.0 Å². The predicted octanol–water partition coefficient (Wildman–Crippen LogP) is 2.79. The molecule has 8 heteroatoms. The maximum atomic E-state index is 13.7. The Morgan fingerprint density at radius 2 is 2.10 bits per heavy atom. The van der Waals surface area contributed by atoms with Gasteiger partial charge in [0.1, 0.15) is 36.0 Å². The summed E-state index contributed by atoms with van der Waals surface area (Å²) in [5.74, 6) is 0.385. The van der Waals surface area contributed by atoms with Crippen molar-refractivity contribution in [3.8, 4) is 6.07 Å². The van der Waals surface area contributed by atoms with Gasteiger partial charge in [-0.15, -0.1) is 0 Å². The van der Waals surface area contributed by atoms with Crippen LogP contribution in [0.25, 0.3) is 0 Å². The highest BCUT2D eigenvalue weighted by atomic mass is 19.1. The first-order valence-corrected chi connectivity index (χ1v) is 9.81. The van der Waals surface area contributed by atoms with Crippen LogP contribution in [0, 0.1) is 17.1 Å². The fourth-order valence-electron chi connectivity index (χ4n) is 4.09. The Kier molecular flexibility index (Phi) is 5.67. The lowest BCUT2D eigenvalue weighted by Gasteiger charge is -2.33. The molecule has 1 amide bonds. The quantitative estimate of drug-likeness (QED) is 0.778. The number of ether oxygens (including phenoxy) is 1. The second-order valence-electron chi connectivity index (χ2n) is 7.24. The molecule has 2 aliphatic heterocycles. The molecule has 0 aliphatic carbocycles. The van der Waals surface area contributed by atoms with Gasteiger partial charge < -0.3 is 14.5 Å². The molecule has 4 rings (SSSR count). The van der Waals surface area contributed by atoms with Gasteiger partial charge in [0.25, 0.3) is 0 Å². The summed E-state index contributed by atoms with van der Waals surface area (Å²) < 4.78 is 19.8. The van der Waals surface area contributed by atoms with Crippen LogP contribution in [0.5, 0.6) is 0 Å². The Morgan fingerprint density at radius 1 is 1.21 bits per heavy atom. The van der Waals surface area contributed by atoms with Crippen molar-refractivity contribution in [2.75, 3.05) is 24.6 Å². The average molecular weight is 395 g/mol. The average Bonchev–Trinajstić information content (AvgIpc) is 3.16. The zero-order chi connectivity index (χ0) is 20.2. The predicted molar refractivity (Wildman–Crippen MR) is 103 cm³/mol. The lowest BCUT2D eigenvalue weighted by molar-refractivity contribution is -0.145. The molecule has 0 N–H and O–H groups in total. The summed E-state index contributed by atoms with van der Waals surface area (Å²) in [6.45, 7) is 1.65. The molecule has 2 aromatic rings. The first-order chi connectivity index (χ1) is 14.2. The van der Waals surface area contributed by atoms with E-state index in [1.807, 2.05) is 17.0 Å². The molecule has 0 spiro atoms. The summed E-state index contributed by atoms with van der Waals surface area (Å²) in [7, 11) is 0. The van der Waals surface area contributed by atoms with Crippen LogP contribution in [0.2, 0.25) is 0 Å². The van der Waals surface area contributed by atoms with Crippen LogP contribution in [0.15, 0.2) is 36.7 Å². The van der Waals surface area contributed by atoms with Crippen molar-refractivity contribution in [3.63, 3.8) is 0 Å². The third-order valence-corrected chi connectivity index (χ3v) is 5.44. The topological polar surface area (TPSA) is 82.4 Å². The maximum Gasteiger partial charge on any atom is 0.225 e. The SMILES string of the molecule is N#Cc1cc(N2CCCC(=O)N3C(CCC3c3cccc(F)c3)OCC2)ncn1. The van der Waals surface area contributed by atoms with E-state index in [-0.39, 0.29) is 24.0 Å². The Bertz CT molecular complexity index is 931. The van der Waals surface area contributed by atoms with Gasteiger partial charge >= 0.3 is 0 Å². The second kappa shape index (κ2) is 8.53. The highest BCUT2D eigenvalue weighted by Gasteiger charge is 2.38. The summed E-state index contributed by atoms with van der Waals surface area (Å²) in [5, 5.41) is 9.06. The van der Waals surface area contributed by atoms with Gasteiger partial charge in [-0.05, 0) is 37.0 Å². The molecule has 1 aromatic carbocycles. The standard InChI is InChI=1S/C21H22FN5O2/c22-16-4-1-3-15(11-16)18-6-7-21-27(18)20(28)5-2-8-26(9-10-29-21)19-12-17(13-23)24-14-25-19/h1,3-4,11-12,14,18,21H,2,5-10H2. The molecular formula is C21H22FN5O2. The number of carbonyl (C=O) groups is 1. The zero-order valence-corrected chi connectivity index (χ0v) is 16.0. The number of fused-ring (bicyclic) bond motifs is 1.